The summed E-state index contributed by atoms with van der Waals surface area (Å²) in [5, 5.41) is 0. The van der Waals surface area contributed by atoms with E-state index in [1.54, 1.807) is 0 Å². The van der Waals surface area contributed by atoms with Crippen LogP contribution in [0.25, 0.3) is 0 Å². The number of fused-ring (bicyclic) bond motifs is 2. The minimum Gasteiger partial charge on any atom is -0.229 e. The summed E-state index contributed by atoms with van der Waals surface area (Å²) in [5.74, 6) is -4.22. The smallest absolute Gasteiger partial charge is 0.229 e. The van der Waals surface area contributed by atoms with E-state index in [1.807, 2.05) is 0 Å². The molecule has 17 heavy (non-hydrogen) atoms. The molecule has 1 fully saturated rings. The van der Waals surface area contributed by atoms with E-state index in [9.17, 15) is 35.1 Å². The van der Waals surface area contributed by atoms with E-state index in [0.29, 0.717) is 12.2 Å². The SMILES string of the molecule is FC(F)(F)[C@]1(F)[C@@H]2C=C[C@@H](C2)[C@]1(F)C(F)(F)F. The van der Waals surface area contributed by atoms with Gasteiger partial charge in [-0.2, -0.15) is 26.3 Å². The fourth-order valence-electron chi connectivity index (χ4n) is 2.66. The monoisotopic (exact) mass is 266 g/mol. The van der Waals surface area contributed by atoms with Crippen molar-refractivity contribution in [3.63, 3.8) is 0 Å². The van der Waals surface area contributed by atoms with Crippen LogP contribution in [0.2, 0.25) is 0 Å². The van der Waals surface area contributed by atoms with Gasteiger partial charge >= 0.3 is 12.4 Å². The zero-order valence-electron chi connectivity index (χ0n) is 8.04. The lowest BCUT2D eigenvalue weighted by molar-refractivity contribution is -0.346. The number of alkyl halides is 8. The third kappa shape index (κ3) is 1.18. The molecule has 8 heteroatoms. The maximum atomic E-state index is 13.8. The van der Waals surface area contributed by atoms with Crippen molar-refractivity contribution >= 4 is 0 Å². The van der Waals surface area contributed by atoms with Crippen LogP contribution in [-0.4, -0.2) is 23.7 Å². The Balaban J connectivity index is 2.62. The number of rotatable bonds is 0. The molecule has 0 aromatic heterocycles. The summed E-state index contributed by atoms with van der Waals surface area (Å²) in [6.45, 7) is 0. The van der Waals surface area contributed by atoms with Crippen LogP contribution in [0.1, 0.15) is 6.42 Å². The summed E-state index contributed by atoms with van der Waals surface area (Å²) < 4.78 is 102. The van der Waals surface area contributed by atoms with Gasteiger partial charge in [0, 0.05) is 11.8 Å². The molecule has 2 bridgehead atoms. The van der Waals surface area contributed by atoms with Gasteiger partial charge in [0.15, 0.2) is 0 Å². The Hall–Kier alpha value is -0.820. The van der Waals surface area contributed by atoms with Crippen LogP contribution in [-0.2, 0) is 0 Å². The number of allylic oxidation sites excluding steroid dienone is 2. The minimum atomic E-state index is -5.90. The predicted molar refractivity (Wildman–Crippen MR) is 40.5 cm³/mol. The van der Waals surface area contributed by atoms with Crippen LogP contribution < -0.4 is 0 Å². The largest absolute Gasteiger partial charge is 0.426 e. The van der Waals surface area contributed by atoms with Crippen molar-refractivity contribution in [1.29, 1.82) is 0 Å². The van der Waals surface area contributed by atoms with Gasteiger partial charge in [0.1, 0.15) is 0 Å². The summed E-state index contributed by atoms with van der Waals surface area (Å²) in [5.41, 5.74) is -9.78. The molecular weight excluding hydrogens is 260 g/mol. The van der Waals surface area contributed by atoms with Gasteiger partial charge in [-0.3, -0.25) is 0 Å². The molecule has 0 aliphatic heterocycles. The standard InChI is InChI=1S/C9H6F8/c10-6(8(12,13)14)4-1-2-5(3-4)7(6,11)9(15,16)17/h1-2,4-5H,3H2/t4-,5+,6+,7-. The van der Waals surface area contributed by atoms with Crippen molar-refractivity contribution in [1.82, 2.24) is 0 Å². The second kappa shape index (κ2) is 2.95. The maximum Gasteiger partial charge on any atom is 0.426 e. The van der Waals surface area contributed by atoms with Crippen molar-refractivity contribution in [2.75, 3.05) is 0 Å². The first-order valence-electron chi connectivity index (χ1n) is 4.66. The highest BCUT2D eigenvalue weighted by atomic mass is 19.4. The Kier molecular flexibility index (Phi) is 2.19. The van der Waals surface area contributed by atoms with Crippen molar-refractivity contribution in [3.05, 3.63) is 12.2 Å². The van der Waals surface area contributed by atoms with Crippen LogP contribution >= 0.6 is 0 Å². The molecule has 0 aromatic carbocycles. The normalized spacial score (nSPS) is 45.6. The molecule has 4 atom stereocenters. The molecule has 0 radical (unpaired) electrons. The molecule has 98 valence electrons. The van der Waals surface area contributed by atoms with Crippen LogP contribution in [0.15, 0.2) is 12.2 Å². The summed E-state index contributed by atoms with van der Waals surface area (Å²) >= 11 is 0. The van der Waals surface area contributed by atoms with E-state index >= 15 is 0 Å². The summed E-state index contributed by atoms with van der Waals surface area (Å²) in [4.78, 5) is 0. The van der Waals surface area contributed by atoms with E-state index in [2.05, 4.69) is 0 Å². The van der Waals surface area contributed by atoms with Gasteiger partial charge in [-0.05, 0) is 6.42 Å². The lowest BCUT2D eigenvalue weighted by Gasteiger charge is -2.41. The molecular formula is C9H6F8. The molecule has 0 spiro atoms. The molecule has 1 saturated carbocycles. The van der Waals surface area contributed by atoms with Crippen LogP contribution in [0.3, 0.4) is 0 Å². The molecule has 0 aromatic rings. The van der Waals surface area contributed by atoms with Crippen molar-refractivity contribution in [2.45, 2.75) is 30.1 Å². The molecule has 0 saturated heterocycles. The molecule has 0 N–H and O–H groups in total. The van der Waals surface area contributed by atoms with Gasteiger partial charge in [0.2, 0.25) is 0 Å². The van der Waals surface area contributed by atoms with Crippen LogP contribution in [0, 0.1) is 11.8 Å². The first-order chi connectivity index (χ1) is 7.46. The Morgan fingerprint density at radius 1 is 0.765 bits per heavy atom. The van der Waals surface area contributed by atoms with E-state index < -0.39 is 41.9 Å². The van der Waals surface area contributed by atoms with Gasteiger partial charge < -0.3 is 0 Å². The highest BCUT2D eigenvalue weighted by Gasteiger charge is 2.87. The van der Waals surface area contributed by atoms with E-state index in [1.165, 1.54) is 0 Å². The second-order valence-electron chi connectivity index (χ2n) is 4.25. The van der Waals surface area contributed by atoms with Crippen LogP contribution in [0.5, 0.6) is 0 Å². The fraction of sp³-hybridized carbons (Fsp3) is 0.778. The average molecular weight is 266 g/mol. The zero-order chi connectivity index (χ0) is 13.3. The molecule has 0 unspecified atom stereocenters. The second-order valence-corrected chi connectivity index (χ2v) is 4.25. The third-order valence-corrected chi connectivity index (χ3v) is 3.46. The highest BCUT2D eigenvalue weighted by Crippen LogP contribution is 2.67. The molecule has 2 aliphatic rings. The average Bonchev–Trinajstić information content (AvgIpc) is 2.66. The molecule has 2 aliphatic carbocycles. The Morgan fingerprint density at radius 3 is 1.29 bits per heavy atom. The van der Waals surface area contributed by atoms with Crippen LogP contribution in [0.4, 0.5) is 35.1 Å². The van der Waals surface area contributed by atoms with Gasteiger partial charge in [0.25, 0.3) is 11.3 Å². The molecule has 0 amide bonds. The fourth-order valence-corrected chi connectivity index (χ4v) is 2.66. The van der Waals surface area contributed by atoms with Gasteiger partial charge in [-0.1, -0.05) is 12.2 Å². The summed E-state index contributed by atoms with van der Waals surface area (Å²) in [7, 11) is 0. The predicted octanol–water partition coefficient (Wildman–Crippen LogP) is 3.73. The Bertz CT molecular complexity index is 332. The highest BCUT2D eigenvalue weighted by molar-refractivity contribution is 5.32. The topological polar surface area (TPSA) is 0 Å². The lowest BCUT2D eigenvalue weighted by atomic mass is 9.76. The molecule has 2 rings (SSSR count). The number of halogens is 8. The summed E-state index contributed by atoms with van der Waals surface area (Å²) in [6, 6.07) is 0. The quantitative estimate of drug-likeness (QED) is 0.463. The van der Waals surface area contributed by atoms with Gasteiger partial charge in [-0.15, -0.1) is 0 Å². The third-order valence-electron chi connectivity index (χ3n) is 3.46. The van der Waals surface area contributed by atoms with Gasteiger partial charge in [-0.25, -0.2) is 8.78 Å². The molecule has 0 nitrogen and oxygen atoms in total. The van der Waals surface area contributed by atoms with Crippen molar-refractivity contribution < 1.29 is 35.1 Å². The first-order valence-corrected chi connectivity index (χ1v) is 4.66. The zero-order valence-corrected chi connectivity index (χ0v) is 8.04. The number of hydrogen-bond acceptors (Lipinski definition) is 0. The maximum absolute atomic E-state index is 13.8. The minimum absolute atomic E-state index is 0.668. The van der Waals surface area contributed by atoms with Gasteiger partial charge in [0.05, 0.1) is 0 Å². The van der Waals surface area contributed by atoms with Crippen molar-refractivity contribution in [2.24, 2.45) is 11.8 Å². The number of hydrogen-bond donors (Lipinski definition) is 0. The summed E-state index contributed by atoms with van der Waals surface area (Å²) in [6.07, 6.45) is -11.3. The van der Waals surface area contributed by atoms with E-state index in [4.69, 9.17) is 0 Å². The Labute approximate surface area is 90.3 Å². The van der Waals surface area contributed by atoms with E-state index in [-0.39, 0.29) is 0 Å². The van der Waals surface area contributed by atoms with Crippen molar-refractivity contribution in [3.8, 4) is 0 Å². The first kappa shape index (κ1) is 12.6. The Morgan fingerprint density at radius 2 is 1.06 bits per heavy atom. The van der Waals surface area contributed by atoms with E-state index in [0.717, 1.165) is 0 Å². The lowest BCUT2D eigenvalue weighted by Crippen LogP contribution is -2.66. The molecule has 0 heterocycles.